The third-order valence-corrected chi connectivity index (χ3v) is 6.33. The number of carbonyl (C=O) groups is 2. The number of aromatic amines is 1. The maximum Gasteiger partial charge on any atom is 0.356 e. The van der Waals surface area contributed by atoms with Crippen molar-refractivity contribution in [1.29, 1.82) is 0 Å². The summed E-state index contributed by atoms with van der Waals surface area (Å²) in [5, 5.41) is 14.4. The topological polar surface area (TPSA) is 130 Å². The molecular formula is C25H29N5O6. The van der Waals surface area contributed by atoms with E-state index in [1.165, 1.54) is 19.2 Å². The molecular weight excluding hydrogens is 466 g/mol. The molecule has 0 aliphatic carbocycles. The van der Waals surface area contributed by atoms with Gasteiger partial charge in [-0.05, 0) is 17.7 Å². The molecule has 0 atom stereocenters. The second-order valence-corrected chi connectivity index (χ2v) is 8.62. The number of nitro benzene ring substituents is 1. The zero-order valence-electron chi connectivity index (χ0n) is 20.3. The van der Waals surface area contributed by atoms with E-state index in [-0.39, 0.29) is 23.7 Å². The van der Waals surface area contributed by atoms with Crippen LogP contribution in [0.4, 0.5) is 11.4 Å². The van der Waals surface area contributed by atoms with Crippen molar-refractivity contribution in [3.63, 3.8) is 0 Å². The van der Waals surface area contributed by atoms with E-state index in [9.17, 15) is 19.7 Å². The van der Waals surface area contributed by atoms with Gasteiger partial charge in [-0.2, -0.15) is 0 Å². The molecule has 3 aromatic rings. The third kappa shape index (κ3) is 5.81. The van der Waals surface area contributed by atoms with E-state index < -0.39 is 10.9 Å². The number of carbonyl (C=O) groups excluding carboxylic acids is 2. The van der Waals surface area contributed by atoms with Crippen LogP contribution in [-0.2, 0) is 16.1 Å². The molecule has 2 N–H and O–H groups in total. The zero-order chi connectivity index (χ0) is 25.7. The molecule has 1 aliphatic rings. The summed E-state index contributed by atoms with van der Waals surface area (Å²) in [6.07, 6.45) is 0.284. The van der Waals surface area contributed by atoms with E-state index in [1.807, 2.05) is 0 Å². The fourth-order valence-corrected chi connectivity index (χ4v) is 4.30. The quantitative estimate of drug-likeness (QED) is 0.263. The lowest BCUT2D eigenvalue weighted by atomic mass is 10.1. The molecule has 4 rings (SSSR count). The van der Waals surface area contributed by atoms with Gasteiger partial charge in [-0.25, -0.2) is 4.79 Å². The van der Waals surface area contributed by atoms with Crippen molar-refractivity contribution in [3.8, 4) is 5.75 Å². The minimum absolute atomic E-state index is 0.0907. The maximum atomic E-state index is 12.8. The highest BCUT2D eigenvalue weighted by atomic mass is 16.6. The van der Waals surface area contributed by atoms with Crippen LogP contribution >= 0.6 is 0 Å². The number of non-ortho nitro benzene ring substituents is 1. The van der Waals surface area contributed by atoms with Crippen molar-refractivity contribution in [3.05, 3.63) is 63.8 Å². The van der Waals surface area contributed by atoms with Gasteiger partial charge in [0.2, 0.25) is 5.91 Å². The number of H-pyrrole nitrogens is 1. The third-order valence-electron chi connectivity index (χ3n) is 6.33. The van der Waals surface area contributed by atoms with Crippen LogP contribution in [0.15, 0.2) is 42.5 Å². The number of methoxy groups -OCH3 is 2. The van der Waals surface area contributed by atoms with E-state index in [0.29, 0.717) is 28.9 Å². The van der Waals surface area contributed by atoms with E-state index in [2.05, 4.69) is 20.1 Å². The summed E-state index contributed by atoms with van der Waals surface area (Å²) in [7, 11) is 2.85. The Morgan fingerprint density at radius 1 is 1.06 bits per heavy atom. The Bertz CT molecular complexity index is 1250. The SMILES string of the molecule is COC(=O)c1[nH]c2cc(OC)ccc2c1NC(=O)CCN1CCN(Cc2ccc([N+](=O)[O-])cc2)CC1. The highest BCUT2D eigenvalue weighted by molar-refractivity contribution is 6.11. The molecule has 11 nitrogen and oxygen atoms in total. The number of nitrogens with one attached hydrogen (secondary N) is 2. The van der Waals surface area contributed by atoms with Crippen LogP contribution in [0.25, 0.3) is 10.9 Å². The molecule has 1 amide bonds. The van der Waals surface area contributed by atoms with Gasteiger partial charge in [0, 0.05) is 69.3 Å². The van der Waals surface area contributed by atoms with Gasteiger partial charge in [0.1, 0.15) is 11.4 Å². The minimum Gasteiger partial charge on any atom is -0.497 e. The normalized spacial score (nSPS) is 14.5. The molecule has 0 radical (unpaired) electrons. The van der Waals surface area contributed by atoms with Crippen LogP contribution in [-0.4, -0.2) is 78.5 Å². The monoisotopic (exact) mass is 495 g/mol. The lowest BCUT2D eigenvalue weighted by molar-refractivity contribution is -0.384. The highest BCUT2D eigenvalue weighted by Gasteiger charge is 2.22. The number of ether oxygens (including phenoxy) is 2. The van der Waals surface area contributed by atoms with Gasteiger partial charge in [0.25, 0.3) is 5.69 Å². The van der Waals surface area contributed by atoms with Crippen molar-refractivity contribution >= 4 is 34.2 Å². The summed E-state index contributed by atoms with van der Waals surface area (Å²) in [6, 6.07) is 11.9. The van der Waals surface area contributed by atoms with Crippen molar-refractivity contribution in [1.82, 2.24) is 14.8 Å². The van der Waals surface area contributed by atoms with Gasteiger partial charge in [-0.15, -0.1) is 0 Å². The number of amides is 1. The number of esters is 1. The summed E-state index contributed by atoms with van der Waals surface area (Å²) < 4.78 is 10.1. The first-order valence-electron chi connectivity index (χ1n) is 11.6. The van der Waals surface area contributed by atoms with Crippen LogP contribution in [0.5, 0.6) is 5.75 Å². The first-order chi connectivity index (χ1) is 17.4. The average Bonchev–Trinajstić information content (AvgIpc) is 3.25. The molecule has 1 aromatic heterocycles. The number of anilines is 1. The Balaban J connectivity index is 1.30. The first kappa shape index (κ1) is 25.1. The predicted octanol–water partition coefficient (Wildman–Crippen LogP) is 3.02. The van der Waals surface area contributed by atoms with Crippen molar-refractivity contribution < 1.29 is 24.0 Å². The number of hydrogen-bond acceptors (Lipinski definition) is 8. The number of nitrogens with zero attached hydrogens (tertiary/aromatic N) is 3. The first-order valence-corrected chi connectivity index (χ1v) is 11.6. The largest absolute Gasteiger partial charge is 0.497 e. The van der Waals surface area contributed by atoms with Gasteiger partial charge >= 0.3 is 5.97 Å². The van der Waals surface area contributed by atoms with Crippen molar-refractivity contribution in [2.45, 2.75) is 13.0 Å². The average molecular weight is 496 g/mol. The summed E-state index contributed by atoms with van der Waals surface area (Å²) in [4.78, 5) is 43.0. The molecule has 36 heavy (non-hydrogen) atoms. The molecule has 190 valence electrons. The van der Waals surface area contributed by atoms with Gasteiger partial charge < -0.3 is 24.7 Å². The predicted molar refractivity (Wildman–Crippen MR) is 134 cm³/mol. The van der Waals surface area contributed by atoms with Gasteiger partial charge in [0.05, 0.1) is 30.3 Å². The second kappa shape index (κ2) is 11.2. The van der Waals surface area contributed by atoms with Gasteiger partial charge in [0.15, 0.2) is 0 Å². The van der Waals surface area contributed by atoms with Crippen LogP contribution in [0.1, 0.15) is 22.5 Å². The number of aromatic nitrogens is 1. The highest BCUT2D eigenvalue weighted by Crippen LogP contribution is 2.31. The molecule has 2 heterocycles. The van der Waals surface area contributed by atoms with E-state index in [4.69, 9.17) is 9.47 Å². The summed E-state index contributed by atoms with van der Waals surface area (Å²) in [6.45, 7) is 4.65. The lowest BCUT2D eigenvalue weighted by Gasteiger charge is -2.34. The van der Waals surface area contributed by atoms with Crippen molar-refractivity contribution in [2.75, 3.05) is 52.3 Å². The molecule has 0 spiro atoms. The zero-order valence-corrected chi connectivity index (χ0v) is 20.3. The molecule has 1 saturated heterocycles. The van der Waals surface area contributed by atoms with E-state index >= 15 is 0 Å². The lowest BCUT2D eigenvalue weighted by Crippen LogP contribution is -2.46. The number of fused-ring (bicyclic) bond motifs is 1. The Morgan fingerprint density at radius 2 is 1.75 bits per heavy atom. The standard InChI is InChI=1S/C25H29N5O6/c1-35-19-7-8-20-21(15-19)26-24(25(32)36-2)23(20)27-22(31)9-10-28-11-13-29(14-12-28)16-17-3-5-18(6-4-17)30(33)34/h3-8,15,26H,9-14,16H2,1-2H3,(H,27,31). The van der Waals surface area contributed by atoms with Crippen LogP contribution in [0.2, 0.25) is 0 Å². The Kier molecular flexibility index (Phi) is 7.81. The van der Waals surface area contributed by atoms with E-state index in [0.717, 1.165) is 38.3 Å². The molecule has 0 saturated carbocycles. The number of rotatable bonds is 9. The minimum atomic E-state index is -0.565. The fourth-order valence-electron chi connectivity index (χ4n) is 4.30. The molecule has 0 bridgehead atoms. The van der Waals surface area contributed by atoms with Crippen LogP contribution < -0.4 is 10.1 Å². The smallest absolute Gasteiger partial charge is 0.356 e. The maximum absolute atomic E-state index is 12.8. The fraction of sp³-hybridized carbons (Fsp3) is 0.360. The number of hydrogen-bond donors (Lipinski definition) is 2. The Hall–Kier alpha value is -3.96. The molecule has 1 aliphatic heterocycles. The second-order valence-electron chi connectivity index (χ2n) is 8.62. The number of piperazine rings is 1. The Morgan fingerprint density at radius 3 is 2.39 bits per heavy atom. The number of benzene rings is 2. The summed E-state index contributed by atoms with van der Waals surface area (Å²) >= 11 is 0. The number of nitro groups is 1. The Labute approximate surface area is 208 Å². The van der Waals surface area contributed by atoms with Gasteiger partial charge in [-0.3, -0.25) is 19.8 Å². The molecule has 2 aromatic carbocycles. The molecule has 1 fully saturated rings. The van der Waals surface area contributed by atoms with E-state index in [1.54, 1.807) is 37.4 Å². The van der Waals surface area contributed by atoms with Crippen LogP contribution in [0.3, 0.4) is 0 Å². The summed E-state index contributed by atoms with van der Waals surface area (Å²) in [5.41, 5.74) is 2.37. The molecule has 0 unspecified atom stereocenters. The van der Waals surface area contributed by atoms with Gasteiger partial charge in [-0.1, -0.05) is 12.1 Å². The van der Waals surface area contributed by atoms with Crippen molar-refractivity contribution in [2.24, 2.45) is 0 Å². The summed E-state index contributed by atoms with van der Waals surface area (Å²) in [5.74, 6) is -0.124. The van der Waals surface area contributed by atoms with Crippen LogP contribution in [0, 0.1) is 10.1 Å². The molecule has 11 heteroatoms.